The van der Waals surface area contributed by atoms with Gasteiger partial charge in [0.05, 0.1) is 19.3 Å². The SMILES string of the molecule is CCOC(=O)c1c(C(F)F)oc2ccc(OCc3cccnc3OC)cc12. The summed E-state index contributed by atoms with van der Waals surface area (Å²) in [7, 11) is 1.50. The molecule has 2 aromatic heterocycles. The van der Waals surface area contributed by atoms with Gasteiger partial charge in [-0.15, -0.1) is 0 Å². The number of fused-ring (bicyclic) bond motifs is 1. The van der Waals surface area contributed by atoms with Crippen molar-refractivity contribution in [3.63, 3.8) is 0 Å². The topological polar surface area (TPSA) is 70.8 Å². The van der Waals surface area contributed by atoms with Gasteiger partial charge in [0.25, 0.3) is 6.43 Å². The van der Waals surface area contributed by atoms with Crippen molar-refractivity contribution >= 4 is 16.9 Å². The summed E-state index contributed by atoms with van der Waals surface area (Å²) in [5.74, 6) is -0.776. The van der Waals surface area contributed by atoms with E-state index in [4.69, 9.17) is 18.6 Å². The lowest BCUT2D eigenvalue weighted by Crippen LogP contribution is -2.07. The number of benzene rings is 1. The molecule has 1 aromatic carbocycles. The Labute approximate surface area is 153 Å². The number of methoxy groups -OCH3 is 1. The fourth-order valence-electron chi connectivity index (χ4n) is 2.63. The highest BCUT2D eigenvalue weighted by Crippen LogP contribution is 2.35. The number of hydrogen-bond acceptors (Lipinski definition) is 6. The van der Waals surface area contributed by atoms with Gasteiger partial charge in [-0.25, -0.2) is 18.6 Å². The summed E-state index contributed by atoms with van der Waals surface area (Å²) in [6.07, 6.45) is -1.35. The number of furan rings is 1. The third kappa shape index (κ3) is 3.84. The molecule has 0 saturated carbocycles. The number of pyridine rings is 1. The van der Waals surface area contributed by atoms with Crippen molar-refractivity contribution in [2.24, 2.45) is 0 Å². The molecule has 0 fully saturated rings. The Morgan fingerprint density at radius 1 is 1.30 bits per heavy atom. The van der Waals surface area contributed by atoms with Gasteiger partial charge in [-0.05, 0) is 37.3 Å². The summed E-state index contributed by atoms with van der Waals surface area (Å²) in [6, 6.07) is 8.05. The van der Waals surface area contributed by atoms with Gasteiger partial charge in [-0.3, -0.25) is 0 Å². The van der Waals surface area contributed by atoms with Gasteiger partial charge in [0.2, 0.25) is 5.88 Å². The van der Waals surface area contributed by atoms with E-state index in [0.29, 0.717) is 17.2 Å². The zero-order valence-corrected chi connectivity index (χ0v) is 14.7. The van der Waals surface area contributed by atoms with Crippen LogP contribution < -0.4 is 9.47 Å². The van der Waals surface area contributed by atoms with Gasteiger partial charge >= 0.3 is 5.97 Å². The van der Waals surface area contributed by atoms with E-state index in [1.165, 1.54) is 19.2 Å². The molecule has 8 heteroatoms. The first-order valence-electron chi connectivity index (χ1n) is 8.17. The number of nitrogens with zero attached hydrogens (tertiary/aromatic N) is 1. The maximum atomic E-state index is 13.3. The molecule has 0 atom stereocenters. The third-order valence-corrected chi connectivity index (χ3v) is 3.80. The van der Waals surface area contributed by atoms with E-state index in [9.17, 15) is 13.6 Å². The predicted octanol–water partition coefficient (Wildman–Crippen LogP) is 4.53. The second kappa shape index (κ2) is 8.03. The molecule has 0 saturated heterocycles. The van der Waals surface area contributed by atoms with Crippen molar-refractivity contribution in [1.29, 1.82) is 0 Å². The summed E-state index contributed by atoms with van der Waals surface area (Å²) in [5.41, 5.74) is 0.581. The normalized spacial score (nSPS) is 11.0. The molecule has 27 heavy (non-hydrogen) atoms. The zero-order valence-electron chi connectivity index (χ0n) is 14.7. The van der Waals surface area contributed by atoms with E-state index in [1.807, 2.05) is 0 Å². The third-order valence-electron chi connectivity index (χ3n) is 3.80. The van der Waals surface area contributed by atoms with Crippen LogP contribution in [-0.4, -0.2) is 24.7 Å². The van der Waals surface area contributed by atoms with Crippen molar-refractivity contribution in [1.82, 2.24) is 4.98 Å². The summed E-state index contributed by atoms with van der Waals surface area (Å²) >= 11 is 0. The fourth-order valence-corrected chi connectivity index (χ4v) is 2.63. The number of carbonyl (C=O) groups is 1. The Hall–Kier alpha value is -3.16. The highest BCUT2D eigenvalue weighted by Gasteiger charge is 2.28. The number of aromatic nitrogens is 1. The van der Waals surface area contributed by atoms with E-state index in [-0.39, 0.29) is 29.7 Å². The molecule has 0 N–H and O–H groups in total. The van der Waals surface area contributed by atoms with Crippen LogP contribution >= 0.6 is 0 Å². The maximum Gasteiger partial charge on any atom is 0.342 e. The van der Waals surface area contributed by atoms with Crippen LogP contribution in [0.1, 0.15) is 35.0 Å². The van der Waals surface area contributed by atoms with Gasteiger partial charge in [0.15, 0.2) is 5.76 Å². The van der Waals surface area contributed by atoms with Crippen LogP contribution in [0.25, 0.3) is 11.0 Å². The minimum absolute atomic E-state index is 0.0607. The highest BCUT2D eigenvalue weighted by atomic mass is 19.3. The molecule has 0 aliphatic rings. The second-order valence-electron chi connectivity index (χ2n) is 5.48. The van der Waals surface area contributed by atoms with Gasteiger partial charge in [0.1, 0.15) is 23.5 Å². The van der Waals surface area contributed by atoms with E-state index in [0.717, 1.165) is 0 Å². The quantitative estimate of drug-likeness (QED) is 0.564. The number of rotatable bonds is 7. The molecule has 0 unspecified atom stereocenters. The summed E-state index contributed by atoms with van der Waals surface area (Å²) < 4.78 is 47.4. The van der Waals surface area contributed by atoms with E-state index >= 15 is 0 Å². The van der Waals surface area contributed by atoms with E-state index < -0.39 is 18.2 Å². The Bertz CT molecular complexity index is 954. The molecule has 142 valence electrons. The minimum Gasteiger partial charge on any atom is -0.489 e. The molecule has 0 bridgehead atoms. The monoisotopic (exact) mass is 377 g/mol. The van der Waals surface area contributed by atoms with Crippen molar-refractivity contribution in [3.8, 4) is 11.6 Å². The van der Waals surface area contributed by atoms with Crippen LogP contribution in [0.2, 0.25) is 0 Å². The molecular formula is C19H17F2NO5. The van der Waals surface area contributed by atoms with Gasteiger partial charge in [0, 0.05) is 11.6 Å². The summed E-state index contributed by atoms with van der Waals surface area (Å²) in [4.78, 5) is 16.2. The van der Waals surface area contributed by atoms with Crippen molar-refractivity contribution in [2.45, 2.75) is 20.0 Å². The number of ether oxygens (including phenoxy) is 3. The smallest absolute Gasteiger partial charge is 0.342 e. The van der Waals surface area contributed by atoms with E-state index in [2.05, 4.69) is 4.98 Å². The predicted molar refractivity (Wildman–Crippen MR) is 92.2 cm³/mol. The maximum absolute atomic E-state index is 13.3. The molecular weight excluding hydrogens is 360 g/mol. The number of alkyl halides is 2. The average molecular weight is 377 g/mol. The first kappa shape index (κ1) is 18.6. The summed E-state index contributed by atoms with van der Waals surface area (Å²) in [5, 5.41) is 0.208. The molecule has 0 amide bonds. The zero-order chi connectivity index (χ0) is 19.4. The largest absolute Gasteiger partial charge is 0.489 e. The first-order chi connectivity index (χ1) is 13.0. The number of carbonyl (C=O) groups excluding carboxylic acids is 1. The van der Waals surface area contributed by atoms with Crippen molar-refractivity contribution in [3.05, 3.63) is 53.4 Å². The number of hydrogen-bond donors (Lipinski definition) is 0. The Kier molecular flexibility index (Phi) is 5.54. The van der Waals surface area contributed by atoms with Gasteiger partial charge in [-0.1, -0.05) is 0 Å². The Morgan fingerprint density at radius 3 is 2.81 bits per heavy atom. The fraction of sp³-hybridized carbons (Fsp3) is 0.263. The van der Waals surface area contributed by atoms with Crippen LogP contribution in [0.4, 0.5) is 8.78 Å². The molecule has 0 aliphatic carbocycles. The molecule has 0 spiro atoms. The molecule has 0 aliphatic heterocycles. The first-order valence-corrected chi connectivity index (χ1v) is 8.17. The Balaban J connectivity index is 1.94. The average Bonchev–Trinajstić information content (AvgIpc) is 3.06. The van der Waals surface area contributed by atoms with Crippen LogP contribution in [0.5, 0.6) is 11.6 Å². The van der Waals surface area contributed by atoms with Gasteiger partial charge < -0.3 is 18.6 Å². The van der Waals surface area contributed by atoms with E-state index in [1.54, 1.807) is 31.3 Å². The van der Waals surface area contributed by atoms with Crippen LogP contribution in [0.15, 0.2) is 40.9 Å². The lowest BCUT2D eigenvalue weighted by atomic mass is 10.1. The second-order valence-corrected chi connectivity index (χ2v) is 5.48. The van der Waals surface area contributed by atoms with Crippen LogP contribution in [0, 0.1) is 0 Å². The summed E-state index contributed by atoms with van der Waals surface area (Å²) in [6.45, 7) is 1.81. The molecule has 0 radical (unpaired) electrons. The van der Waals surface area contributed by atoms with Gasteiger partial charge in [-0.2, -0.15) is 0 Å². The standard InChI is InChI=1S/C19H17F2NO5/c1-3-25-19(23)15-13-9-12(6-7-14(13)27-16(15)17(20)21)26-10-11-5-4-8-22-18(11)24-2/h4-9,17H,3,10H2,1-2H3. The molecule has 3 aromatic rings. The van der Waals surface area contributed by atoms with Crippen molar-refractivity contribution < 1.29 is 32.2 Å². The number of esters is 1. The lowest BCUT2D eigenvalue weighted by molar-refractivity contribution is 0.0509. The highest BCUT2D eigenvalue weighted by molar-refractivity contribution is 6.05. The van der Waals surface area contributed by atoms with Crippen LogP contribution in [0.3, 0.4) is 0 Å². The molecule has 3 rings (SSSR count). The molecule has 2 heterocycles. The lowest BCUT2D eigenvalue weighted by Gasteiger charge is -2.09. The van der Waals surface area contributed by atoms with Crippen LogP contribution in [-0.2, 0) is 11.3 Å². The minimum atomic E-state index is -2.94. The Morgan fingerprint density at radius 2 is 2.11 bits per heavy atom. The molecule has 6 nitrogen and oxygen atoms in total. The number of halogens is 2. The van der Waals surface area contributed by atoms with Crippen molar-refractivity contribution in [2.75, 3.05) is 13.7 Å².